The van der Waals surface area contributed by atoms with E-state index >= 15 is 0 Å². The summed E-state index contributed by atoms with van der Waals surface area (Å²) >= 11 is 0. The van der Waals surface area contributed by atoms with Crippen molar-refractivity contribution >= 4 is 18.0 Å². The summed E-state index contributed by atoms with van der Waals surface area (Å²) in [5, 5.41) is 2.51. The number of hydrogen-bond donors (Lipinski definition) is 1. The molecule has 2 rings (SSSR count). The number of nitrogens with one attached hydrogen (secondary N) is 1. The Morgan fingerprint density at radius 3 is 2.56 bits per heavy atom. The molecule has 1 N–H and O–H groups in total. The lowest BCUT2D eigenvalue weighted by molar-refractivity contribution is -0.146. The molecule has 0 bridgehead atoms. The fourth-order valence-electron chi connectivity index (χ4n) is 2.61. The van der Waals surface area contributed by atoms with Gasteiger partial charge < -0.3 is 19.5 Å². The second-order valence-electron chi connectivity index (χ2n) is 5.87. The number of esters is 2. The molecule has 136 valence electrons. The van der Waals surface area contributed by atoms with Crippen molar-refractivity contribution in [3.05, 3.63) is 35.9 Å². The van der Waals surface area contributed by atoms with Crippen LogP contribution in [-0.4, -0.2) is 37.8 Å². The summed E-state index contributed by atoms with van der Waals surface area (Å²) in [5.74, 6) is -1.04. The number of carbonyl (C=O) groups is 3. The van der Waals surface area contributed by atoms with Crippen LogP contribution in [0.1, 0.15) is 25.3 Å². The molecule has 7 heteroatoms. The molecule has 1 fully saturated rings. The number of ether oxygens (including phenoxy) is 3. The molecular weight excluding hydrogens is 326 g/mol. The highest BCUT2D eigenvalue weighted by Crippen LogP contribution is 2.43. The molecule has 1 aromatic carbocycles. The first-order chi connectivity index (χ1) is 12.0. The van der Waals surface area contributed by atoms with Crippen LogP contribution in [0.3, 0.4) is 0 Å². The van der Waals surface area contributed by atoms with Crippen LogP contribution < -0.4 is 5.32 Å². The Balaban J connectivity index is 1.82. The zero-order chi connectivity index (χ0) is 18.2. The number of benzene rings is 1. The summed E-state index contributed by atoms with van der Waals surface area (Å²) in [6.45, 7) is 2.18. The quantitative estimate of drug-likeness (QED) is 0.570. The Morgan fingerprint density at radius 2 is 1.92 bits per heavy atom. The van der Waals surface area contributed by atoms with Crippen LogP contribution in [0.4, 0.5) is 4.79 Å². The minimum atomic E-state index is -0.849. The van der Waals surface area contributed by atoms with E-state index in [4.69, 9.17) is 14.2 Å². The topological polar surface area (TPSA) is 90.9 Å². The highest BCUT2D eigenvalue weighted by atomic mass is 16.6. The Kier molecular flexibility index (Phi) is 6.80. The second kappa shape index (κ2) is 9.05. The molecular formula is C18H23NO6. The van der Waals surface area contributed by atoms with Crippen LogP contribution in [0.5, 0.6) is 0 Å². The van der Waals surface area contributed by atoms with E-state index in [1.165, 1.54) is 7.11 Å². The van der Waals surface area contributed by atoms with Gasteiger partial charge in [-0.25, -0.2) is 9.59 Å². The second-order valence-corrected chi connectivity index (χ2v) is 5.87. The van der Waals surface area contributed by atoms with Gasteiger partial charge >= 0.3 is 18.0 Å². The molecule has 3 atom stereocenters. The molecule has 0 heterocycles. The molecule has 25 heavy (non-hydrogen) atoms. The number of methoxy groups -OCH3 is 1. The maximum atomic E-state index is 11.9. The van der Waals surface area contributed by atoms with Crippen LogP contribution in [0.25, 0.3) is 0 Å². The van der Waals surface area contributed by atoms with Gasteiger partial charge in [0.15, 0.2) is 0 Å². The maximum Gasteiger partial charge on any atom is 0.408 e. The summed E-state index contributed by atoms with van der Waals surface area (Å²) in [7, 11) is 1.25. The van der Waals surface area contributed by atoms with Crippen molar-refractivity contribution in [1.82, 2.24) is 5.32 Å². The number of alkyl carbamates (subject to hydrolysis) is 1. The van der Waals surface area contributed by atoms with E-state index in [9.17, 15) is 14.4 Å². The van der Waals surface area contributed by atoms with Crippen molar-refractivity contribution in [3.8, 4) is 0 Å². The molecule has 0 unspecified atom stereocenters. The van der Waals surface area contributed by atoms with E-state index in [1.54, 1.807) is 6.92 Å². The first-order valence-electron chi connectivity index (χ1n) is 8.26. The van der Waals surface area contributed by atoms with Crippen LogP contribution >= 0.6 is 0 Å². The summed E-state index contributed by atoms with van der Waals surface area (Å²) in [4.78, 5) is 35.5. The minimum Gasteiger partial charge on any atom is -0.467 e. The highest BCUT2D eigenvalue weighted by molar-refractivity contribution is 5.82. The first-order valence-corrected chi connectivity index (χ1v) is 8.26. The van der Waals surface area contributed by atoms with Crippen LogP contribution in [0.15, 0.2) is 30.3 Å². The van der Waals surface area contributed by atoms with Gasteiger partial charge in [-0.05, 0) is 31.2 Å². The van der Waals surface area contributed by atoms with E-state index < -0.39 is 18.1 Å². The van der Waals surface area contributed by atoms with Gasteiger partial charge in [0.05, 0.1) is 19.6 Å². The Hall–Kier alpha value is -2.57. The van der Waals surface area contributed by atoms with Gasteiger partial charge in [-0.3, -0.25) is 4.79 Å². The summed E-state index contributed by atoms with van der Waals surface area (Å²) in [5.41, 5.74) is 0.844. The third-order valence-electron chi connectivity index (χ3n) is 4.04. The zero-order valence-corrected chi connectivity index (χ0v) is 14.4. The summed E-state index contributed by atoms with van der Waals surface area (Å²) in [6, 6.07) is 8.37. The van der Waals surface area contributed by atoms with Crippen molar-refractivity contribution in [1.29, 1.82) is 0 Å². The number of amides is 1. The van der Waals surface area contributed by atoms with Crippen molar-refractivity contribution < 1.29 is 28.6 Å². The van der Waals surface area contributed by atoms with Crippen LogP contribution in [0.2, 0.25) is 0 Å². The van der Waals surface area contributed by atoms with Crippen molar-refractivity contribution in [2.24, 2.45) is 11.8 Å². The molecule has 0 saturated heterocycles. The van der Waals surface area contributed by atoms with E-state index in [2.05, 4.69) is 5.32 Å². The van der Waals surface area contributed by atoms with E-state index in [-0.39, 0.29) is 24.4 Å². The maximum absolute atomic E-state index is 11.9. The minimum absolute atomic E-state index is 0.00225. The van der Waals surface area contributed by atoms with Crippen molar-refractivity contribution in [2.45, 2.75) is 32.4 Å². The third kappa shape index (κ3) is 5.77. The number of rotatable bonds is 8. The lowest BCUT2D eigenvalue weighted by Gasteiger charge is -2.16. The monoisotopic (exact) mass is 349 g/mol. The highest BCUT2D eigenvalue weighted by Gasteiger charge is 2.46. The SMILES string of the molecule is CCOC(=O)[C@H]1C[C@@H]1C[C@H](NC(=O)OCc1ccccc1)C(=O)OC. The van der Waals surface area contributed by atoms with Gasteiger partial charge in [0.1, 0.15) is 12.6 Å². The molecule has 0 spiro atoms. The fourth-order valence-corrected chi connectivity index (χ4v) is 2.61. The average molecular weight is 349 g/mol. The largest absolute Gasteiger partial charge is 0.467 e. The zero-order valence-electron chi connectivity index (χ0n) is 14.4. The molecule has 0 aromatic heterocycles. The number of carbonyl (C=O) groups excluding carboxylic acids is 3. The predicted molar refractivity (Wildman–Crippen MR) is 88.4 cm³/mol. The average Bonchev–Trinajstić information content (AvgIpc) is 3.39. The summed E-state index contributed by atoms with van der Waals surface area (Å²) < 4.78 is 14.8. The van der Waals surface area contributed by atoms with Crippen LogP contribution in [-0.2, 0) is 30.4 Å². The van der Waals surface area contributed by atoms with Gasteiger partial charge in [-0.2, -0.15) is 0 Å². The van der Waals surface area contributed by atoms with Gasteiger partial charge in [-0.15, -0.1) is 0 Å². The smallest absolute Gasteiger partial charge is 0.408 e. The first kappa shape index (κ1) is 18.8. The Bertz CT molecular complexity index is 603. The van der Waals surface area contributed by atoms with Crippen molar-refractivity contribution in [3.63, 3.8) is 0 Å². The third-order valence-corrected chi connectivity index (χ3v) is 4.04. The molecule has 1 aliphatic rings. The van der Waals surface area contributed by atoms with Gasteiger partial charge in [-0.1, -0.05) is 30.3 Å². The standard InChI is InChI=1S/C18H23NO6/c1-3-24-16(20)14-9-13(14)10-15(17(21)23-2)19-18(22)25-11-12-7-5-4-6-8-12/h4-8,13-15H,3,9-11H2,1-2H3,(H,19,22)/t13-,14+,15+/m1/s1. The Morgan fingerprint density at radius 1 is 1.20 bits per heavy atom. The predicted octanol–water partition coefficient (Wildman–Crippen LogP) is 2.04. The summed E-state index contributed by atoms with van der Waals surface area (Å²) in [6.07, 6.45) is 0.261. The van der Waals surface area contributed by atoms with Crippen LogP contribution in [0, 0.1) is 11.8 Å². The van der Waals surface area contributed by atoms with Gasteiger partial charge in [0.2, 0.25) is 0 Å². The number of hydrogen-bond acceptors (Lipinski definition) is 6. The van der Waals surface area contributed by atoms with E-state index in [1.807, 2.05) is 30.3 Å². The Labute approximate surface area is 146 Å². The molecule has 0 aliphatic heterocycles. The molecule has 1 saturated carbocycles. The molecule has 1 amide bonds. The normalized spacial score (nSPS) is 19.4. The lowest BCUT2D eigenvalue weighted by Crippen LogP contribution is -2.42. The molecule has 1 aromatic rings. The van der Waals surface area contributed by atoms with E-state index in [0.717, 1.165) is 5.56 Å². The molecule has 1 aliphatic carbocycles. The van der Waals surface area contributed by atoms with E-state index in [0.29, 0.717) is 19.4 Å². The van der Waals surface area contributed by atoms with Gasteiger partial charge in [0, 0.05) is 0 Å². The van der Waals surface area contributed by atoms with Crippen molar-refractivity contribution in [2.75, 3.05) is 13.7 Å². The lowest BCUT2D eigenvalue weighted by atomic mass is 10.1. The fraction of sp³-hybridized carbons (Fsp3) is 0.500. The molecule has 7 nitrogen and oxygen atoms in total. The van der Waals surface area contributed by atoms with Gasteiger partial charge in [0.25, 0.3) is 0 Å². The molecule has 0 radical (unpaired) electrons.